The SMILES string of the molecule is CC[C@@H]1CC(N(Cc2cc(C(F)(F)F)cc(C(F)(F)F)c2)c2ncc(N3CCOC3=O)cn2)C[C@H](CC)N1C(=O)OC(C)(C)CC. The predicted octanol–water partition coefficient (Wildman–Crippen LogP) is 7.82. The maximum Gasteiger partial charge on any atom is 0.416 e. The van der Waals surface area contributed by atoms with Gasteiger partial charge in [-0.15, -0.1) is 0 Å². The second-order valence-electron chi connectivity index (χ2n) is 12.2. The first kappa shape index (κ1) is 35.1. The summed E-state index contributed by atoms with van der Waals surface area (Å²) in [6.45, 7) is 9.41. The van der Waals surface area contributed by atoms with Crippen molar-refractivity contribution < 1.29 is 45.4 Å². The molecule has 0 bridgehead atoms. The van der Waals surface area contributed by atoms with Crippen LogP contribution in [0.5, 0.6) is 0 Å². The highest BCUT2D eigenvalue weighted by molar-refractivity contribution is 5.88. The lowest BCUT2D eigenvalue weighted by atomic mass is 9.87. The van der Waals surface area contributed by atoms with Gasteiger partial charge in [0.25, 0.3) is 0 Å². The Morgan fingerprint density at radius 3 is 1.93 bits per heavy atom. The van der Waals surface area contributed by atoms with Crippen molar-refractivity contribution in [3.8, 4) is 0 Å². The fourth-order valence-corrected chi connectivity index (χ4v) is 5.79. The van der Waals surface area contributed by atoms with Gasteiger partial charge >= 0.3 is 24.5 Å². The highest BCUT2D eigenvalue weighted by atomic mass is 19.4. The number of hydrogen-bond donors (Lipinski definition) is 0. The van der Waals surface area contributed by atoms with Crippen LogP contribution >= 0.6 is 0 Å². The minimum atomic E-state index is -5.01. The van der Waals surface area contributed by atoms with E-state index < -0.39 is 47.3 Å². The first-order valence-electron chi connectivity index (χ1n) is 15.3. The molecule has 46 heavy (non-hydrogen) atoms. The fourth-order valence-electron chi connectivity index (χ4n) is 5.79. The standard InChI is InChI=1S/C31H39F6N5O4/c1-6-22-14-24(15-23(7-2)42(22)28(44)46-29(4,5)8-3)41(26-38-16-25(17-39-26)40-9-10-45-27(40)43)18-19-11-20(30(32,33)34)13-21(12-19)31(35,36)37/h11-13,16-17,22-24H,6-10,14-15,18H2,1-5H3/t22-,23+,24?. The molecule has 1 unspecified atom stereocenters. The van der Waals surface area contributed by atoms with Gasteiger partial charge in [0.05, 0.1) is 35.8 Å². The van der Waals surface area contributed by atoms with Crippen molar-refractivity contribution in [2.75, 3.05) is 23.0 Å². The molecule has 0 saturated carbocycles. The van der Waals surface area contributed by atoms with E-state index in [1.165, 1.54) is 17.3 Å². The van der Waals surface area contributed by atoms with Gasteiger partial charge in [0.1, 0.15) is 12.2 Å². The second kappa shape index (κ2) is 13.5. The molecule has 3 heterocycles. The monoisotopic (exact) mass is 659 g/mol. The first-order chi connectivity index (χ1) is 21.5. The average Bonchev–Trinajstić information content (AvgIpc) is 3.43. The fraction of sp³-hybridized carbons (Fsp3) is 0.613. The zero-order valence-electron chi connectivity index (χ0n) is 26.4. The van der Waals surface area contributed by atoms with Gasteiger partial charge in [-0.2, -0.15) is 26.3 Å². The zero-order chi connectivity index (χ0) is 34.0. The average molecular weight is 660 g/mol. The van der Waals surface area contributed by atoms with Crippen LogP contribution in [0.2, 0.25) is 0 Å². The van der Waals surface area contributed by atoms with Gasteiger partial charge in [-0.1, -0.05) is 20.8 Å². The lowest BCUT2D eigenvalue weighted by Crippen LogP contribution is -2.57. The predicted molar refractivity (Wildman–Crippen MR) is 157 cm³/mol. The molecule has 2 amide bonds. The Morgan fingerprint density at radius 1 is 0.957 bits per heavy atom. The summed E-state index contributed by atoms with van der Waals surface area (Å²) in [5.41, 5.74) is -3.44. The molecule has 0 N–H and O–H groups in total. The van der Waals surface area contributed by atoms with E-state index in [9.17, 15) is 35.9 Å². The normalized spacial score (nSPS) is 20.9. The molecular formula is C31H39F6N5O4. The summed E-state index contributed by atoms with van der Waals surface area (Å²) in [7, 11) is 0. The number of rotatable bonds is 9. The van der Waals surface area contributed by atoms with E-state index in [2.05, 4.69) is 9.97 Å². The summed E-state index contributed by atoms with van der Waals surface area (Å²) in [5.74, 6) is 0.0557. The Morgan fingerprint density at radius 2 is 1.50 bits per heavy atom. The number of hydrogen-bond acceptors (Lipinski definition) is 7. The minimum Gasteiger partial charge on any atom is -0.447 e. The van der Waals surface area contributed by atoms with Crippen LogP contribution in [0.3, 0.4) is 0 Å². The summed E-state index contributed by atoms with van der Waals surface area (Å²) in [5, 5.41) is 0. The van der Waals surface area contributed by atoms with E-state index in [4.69, 9.17) is 9.47 Å². The topological polar surface area (TPSA) is 88.1 Å². The van der Waals surface area contributed by atoms with Gasteiger partial charge in [-0.3, -0.25) is 4.90 Å². The molecule has 9 nitrogen and oxygen atoms in total. The third-order valence-corrected chi connectivity index (χ3v) is 8.64. The Labute approximate surface area is 263 Å². The number of ether oxygens (including phenoxy) is 2. The van der Waals surface area contributed by atoms with Crippen LogP contribution in [-0.4, -0.2) is 63.9 Å². The summed E-state index contributed by atoms with van der Waals surface area (Å²) >= 11 is 0. The molecule has 0 spiro atoms. The van der Waals surface area contributed by atoms with E-state index in [-0.39, 0.29) is 49.4 Å². The molecule has 4 rings (SSSR count). The molecule has 2 fully saturated rings. The van der Waals surface area contributed by atoms with Crippen molar-refractivity contribution in [1.82, 2.24) is 14.9 Å². The van der Waals surface area contributed by atoms with Crippen LogP contribution in [0.1, 0.15) is 83.4 Å². The van der Waals surface area contributed by atoms with Gasteiger partial charge in [0.15, 0.2) is 0 Å². The van der Waals surface area contributed by atoms with Crippen LogP contribution in [0.15, 0.2) is 30.6 Å². The van der Waals surface area contributed by atoms with E-state index >= 15 is 0 Å². The van der Waals surface area contributed by atoms with Gasteiger partial charge in [0, 0.05) is 24.7 Å². The number of amides is 2. The molecule has 254 valence electrons. The third kappa shape index (κ3) is 7.95. The molecule has 0 aliphatic carbocycles. The number of piperidine rings is 1. The van der Waals surface area contributed by atoms with E-state index in [1.54, 1.807) is 9.80 Å². The molecule has 3 atom stereocenters. The lowest BCUT2D eigenvalue weighted by molar-refractivity contribution is -0.143. The van der Waals surface area contributed by atoms with Crippen LogP contribution in [0, 0.1) is 0 Å². The maximum absolute atomic E-state index is 13.7. The number of aromatic nitrogens is 2. The highest BCUT2D eigenvalue weighted by Crippen LogP contribution is 2.38. The van der Waals surface area contributed by atoms with E-state index in [1.807, 2.05) is 34.6 Å². The number of likely N-dealkylation sites (tertiary alicyclic amines) is 1. The number of anilines is 2. The number of alkyl halides is 6. The van der Waals surface area contributed by atoms with Crippen molar-refractivity contribution in [2.24, 2.45) is 0 Å². The van der Waals surface area contributed by atoms with Crippen LogP contribution in [-0.2, 0) is 28.4 Å². The number of carbonyl (C=O) groups is 2. The molecule has 15 heteroatoms. The van der Waals surface area contributed by atoms with Crippen molar-refractivity contribution in [3.05, 3.63) is 47.3 Å². The molecule has 2 aliphatic rings. The Kier molecular flexibility index (Phi) is 10.3. The largest absolute Gasteiger partial charge is 0.447 e. The second-order valence-corrected chi connectivity index (χ2v) is 12.2. The molecule has 1 aromatic carbocycles. The molecular weight excluding hydrogens is 620 g/mol. The first-order valence-corrected chi connectivity index (χ1v) is 15.3. The van der Waals surface area contributed by atoms with E-state index in [0.717, 1.165) is 0 Å². The number of benzene rings is 1. The summed E-state index contributed by atoms with van der Waals surface area (Å²) in [4.78, 5) is 38.9. The van der Waals surface area contributed by atoms with Gasteiger partial charge in [-0.05, 0) is 69.7 Å². The van der Waals surface area contributed by atoms with Gasteiger partial charge < -0.3 is 19.3 Å². The Bertz CT molecular complexity index is 1340. The Balaban J connectivity index is 1.75. The number of nitrogens with zero attached hydrogens (tertiary/aromatic N) is 5. The smallest absolute Gasteiger partial charge is 0.416 e. The van der Waals surface area contributed by atoms with Gasteiger partial charge in [0.2, 0.25) is 5.95 Å². The summed E-state index contributed by atoms with van der Waals surface area (Å²) < 4.78 is 93.2. The third-order valence-electron chi connectivity index (χ3n) is 8.64. The summed E-state index contributed by atoms with van der Waals surface area (Å²) in [6.07, 6.45) is -6.03. The molecule has 2 saturated heterocycles. The van der Waals surface area contributed by atoms with Crippen molar-refractivity contribution in [1.29, 1.82) is 0 Å². The van der Waals surface area contributed by atoms with Gasteiger partial charge in [-0.25, -0.2) is 19.6 Å². The minimum absolute atomic E-state index is 0.0557. The summed E-state index contributed by atoms with van der Waals surface area (Å²) in [6, 6.07) is 0.352. The number of halogens is 6. The molecule has 0 radical (unpaired) electrons. The van der Waals surface area contributed by atoms with Crippen molar-refractivity contribution in [3.63, 3.8) is 0 Å². The van der Waals surface area contributed by atoms with E-state index in [0.29, 0.717) is 49.9 Å². The van der Waals surface area contributed by atoms with Crippen LogP contribution in [0.4, 0.5) is 47.6 Å². The zero-order valence-corrected chi connectivity index (χ0v) is 26.4. The highest BCUT2D eigenvalue weighted by Gasteiger charge is 2.42. The molecule has 2 aliphatic heterocycles. The van der Waals surface area contributed by atoms with Crippen LogP contribution in [0.25, 0.3) is 0 Å². The van der Waals surface area contributed by atoms with Crippen LogP contribution < -0.4 is 9.80 Å². The molecule has 1 aromatic heterocycles. The number of carbonyl (C=O) groups excluding carboxylic acids is 2. The maximum atomic E-state index is 13.7. The number of cyclic esters (lactones) is 1. The van der Waals surface area contributed by atoms with Crippen molar-refractivity contribution >= 4 is 23.8 Å². The Hall–Kier alpha value is -3.78. The lowest BCUT2D eigenvalue weighted by Gasteiger charge is -2.48. The molecule has 2 aromatic rings. The van der Waals surface area contributed by atoms with Crippen molar-refractivity contribution in [2.45, 2.75) is 109 Å². The quantitative estimate of drug-likeness (QED) is 0.254.